The van der Waals surface area contributed by atoms with Gasteiger partial charge in [-0.05, 0) is 313 Å². The Kier molecular flexibility index (Phi) is 39.0. The van der Waals surface area contributed by atoms with Gasteiger partial charge < -0.3 is 65.3 Å². The van der Waals surface area contributed by atoms with Gasteiger partial charge in [0, 0.05) is 73.2 Å². The molecule has 4 fully saturated rings. The van der Waals surface area contributed by atoms with Crippen molar-refractivity contribution in [3.63, 3.8) is 0 Å². The maximum absolute atomic E-state index is 13.1. The highest BCUT2D eigenvalue weighted by atomic mass is 16.6. The van der Waals surface area contributed by atoms with Gasteiger partial charge in [-0.1, -0.05) is 52.0 Å². The lowest BCUT2D eigenvalue weighted by Crippen LogP contribution is -2.46. The second-order valence-corrected chi connectivity index (χ2v) is 40.2. The van der Waals surface area contributed by atoms with Crippen molar-refractivity contribution in [1.82, 2.24) is 59.9 Å². The highest BCUT2D eigenvalue weighted by Gasteiger charge is 2.39. The summed E-state index contributed by atoms with van der Waals surface area (Å²) in [6.07, 6.45) is 21.0. The molecule has 137 heavy (non-hydrogen) atoms. The number of rotatable bonds is 16. The Morgan fingerprint density at radius 1 is 0.328 bits per heavy atom. The molecule has 0 unspecified atom stereocenters. The predicted molar refractivity (Wildman–Crippen MR) is 520 cm³/mol. The third-order valence-corrected chi connectivity index (χ3v) is 22.7. The van der Waals surface area contributed by atoms with Crippen LogP contribution < -0.4 is 26.6 Å². The summed E-state index contributed by atoms with van der Waals surface area (Å²) in [7, 11) is 0. The van der Waals surface area contributed by atoms with Gasteiger partial charge in [-0.15, -0.1) is 0 Å². The van der Waals surface area contributed by atoms with Gasteiger partial charge in [0.05, 0.1) is 114 Å². The molecule has 33 heteroatoms. The molecule has 0 bridgehead atoms. The monoisotopic (exact) mass is 1880 g/mol. The average molecular weight is 1880 g/mol. The smallest absolute Gasteiger partial charge is 0.394 e. The van der Waals surface area contributed by atoms with E-state index in [1.165, 1.54) is 43.2 Å². The Bertz CT molecular complexity index is 5150. The molecule has 8 aromatic heterocycles. The zero-order valence-corrected chi connectivity index (χ0v) is 83.9. The van der Waals surface area contributed by atoms with Crippen molar-refractivity contribution >= 4 is 93.9 Å². The molecular formula is C104H138N16O17. The molecule has 0 radical (unpaired) electrons. The van der Waals surface area contributed by atoms with Crippen LogP contribution in [0, 0.1) is 79.1 Å². The van der Waals surface area contributed by atoms with Gasteiger partial charge in [-0.25, -0.2) is 4.79 Å². The van der Waals surface area contributed by atoms with Crippen LogP contribution in [0.25, 0.3) is 0 Å². The summed E-state index contributed by atoms with van der Waals surface area (Å²) in [6.45, 7) is 47.7. The second-order valence-electron chi connectivity index (χ2n) is 40.2. The number of esters is 4. The van der Waals surface area contributed by atoms with Gasteiger partial charge in [0.15, 0.2) is 0 Å². The van der Waals surface area contributed by atoms with Crippen molar-refractivity contribution in [2.24, 2.45) is 23.7 Å². The van der Waals surface area contributed by atoms with E-state index in [0.29, 0.717) is 88.8 Å². The maximum Gasteiger partial charge on any atom is 0.394 e. The van der Waals surface area contributed by atoms with E-state index in [0.717, 1.165) is 107 Å². The normalized spacial score (nSPS) is 18.1. The number of carbonyl (C=O) groups excluding carboxylic acids is 11. The van der Waals surface area contributed by atoms with E-state index in [-0.39, 0.29) is 67.4 Å². The molecule has 0 aliphatic carbocycles. The van der Waals surface area contributed by atoms with E-state index in [1.807, 2.05) is 133 Å². The predicted octanol–water partition coefficient (Wildman–Crippen LogP) is 15.5. The molecule has 8 atom stereocenters. The number of hydrogen-bond donors (Lipinski definition) is 6. The molecule has 0 saturated carbocycles. The number of anilines is 4. The van der Waals surface area contributed by atoms with Crippen molar-refractivity contribution in [2.75, 3.05) is 47.4 Å². The van der Waals surface area contributed by atoms with Crippen LogP contribution in [0.2, 0.25) is 0 Å². The first kappa shape index (κ1) is 109. The SMILES string of the molecule is Cc1cc(NC(=O)C(=O)O)cnc1CC(=O)OC(C)(C)C.Cc1ccc([C@@H]2CC[C@@H](C)CN2C(=O)C(=O)Nc2cnc(CC(=O)OC(C)(C)C)c(C)c2)cn1.Cc1ccc([C@@H]2CC[C@@H](C)CN2C(=O)C(=O)Nc2cnc(CC(=O)OC(C)(C)C)c(C)c2)cn1.Cc1ccc([C@H]2CC[C@H](C)CN2)cn1.Cc1ccc([C@H]2CC[C@H](C)CN2C(=O)C(=O)Nc2cnc(CC(=O)OC(C)(C)C)c(C)c2)cn1. The number of nitrogens with one attached hydrogen (secondary N) is 5. The Balaban J connectivity index is 0.000000216. The Labute approximate surface area is 804 Å². The van der Waals surface area contributed by atoms with E-state index >= 15 is 0 Å². The lowest BCUT2D eigenvalue weighted by atomic mass is 9.90. The highest BCUT2D eigenvalue weighted by molar-refractivity contribution is 6.41. The molecule has 4 aliphatic rings. The molecule has 0 spiro atoms. The number of amides is 7. The van der Waals surface area contributed by atoms with E-state index in [9.17, 15) is 57.5 Å². The van der Waals surface area contributed by atoms with Crippen LogP contribution in [0.15, 0.2) is 122 Å². The van der Waals surface area contributed by atoms with E-state index in [2.05, 4.69) is 106 Å². The number of aromatic nitrogens is 8. The van der Waals surface area contributed by atoms with Gasteiger partial charge in [0.1, 0.15) is 22.4 Å². The number of carboxylic acids is 1. The number of hydrogen-bond acceptors (Lipinski definition) is 25. The number of pyridine rings is 8. The number of carboxylic acid groups (broad SMARTS) is 1. The van der Waals surface area contributed by atoms with Gasteiger partial charge in [-0.3, -0.25) is 92.6 Å². The second kappa shape index (κ2) is 49.0. The summed E-state index contributed by atoms with van der Waals surface area (Å²) in [6, 6.07) is 22.6. The van der Waals surface area contributed by atoms with E-state index < -0.39 is 75.7 Å². The maximum atomic E-state index is 13.1. The first-order chi connectivity index (χ1) is 64.1. The Hall–Kier alpha value is -13.2. The number of aryl methyl sites for hydroxylation is 8. The van der Waals surface area contributed by atoms with Crippen molar-refractivity contribution < 1.29 is 81.6 Å². The third-order valence-electron chi connectivity index (χ3n) is 22.7. The molecule has 0 aromatic carbocycles. The standard InChI is InChI=1S/3C26H34N4O4.C14H18N2O5.C12H18N2/c3*1-16-7-10-22(19-9-8-18(3)27-13-19)30(15-16)25(33)24(32)29-20-11-17(2)21(28-14-20)12-23(31)34-26(4,5)6;1-8-5-9(16-12(18)13(19)20)7-15-10(8)6-11(17)21-14(2,3)4;1-9-3-6-12(14-7-9)11-5-4-10(2)13-8-11/h3*8-9,11,13-14,16,22H,7,10,12,15H2,1-6H3,(H,29,32);5,7H,6H2,1-4H3,(H,16,18)(H,19,20);4-5,8-9,12,14H,3,6-7H2,1-2H3/t3*16-,22+;;9-,12+/m110.0/s1. The molecule has 6 N–H and O–H groups in total. The van der Waals surface area contributed by atoms with Gasteiger partial charge in [-0.2, -0.15) is 0 Å². The van der Waals surface area contributed by atoms with Crippen molar-refractivity contribution in [1.29, 1.82) is 0 Å². The minimum absolute atomic E-state index is 0.0102. The zero-order valence-electron chi connectivity index (χ0n) is 83.9. The van der Waals surface area contributed by atoms with Gasteiger partial charge in [0.2, 0.25) is 0 Å². The number of nitrogens with zero attached hydrogens (tertiary/aromatic N) is 11. The number of piperidine rings is 4. The van der Waals surface area contributed by atoms with Crippen LogP contribution in [0.1, 0.15) is 276 Å². The lowest BCUT2D eigenvalue weighted by molar-refractivity contribution is -0.155. The molecule has 736 valence electrons. The van der Waals surface area contributed by atoms with Crippen LogP contribution >= 0.6 is 0 Å². The molecular weight excluding hydrogens is 1750 g/mol. The van der Waals surface area contributed by atoms with Gasteiger partial charge in [0.25, 0.3) is 0 Å². The molecule has 8 aromatic rings. The summed E-state index contributed by atoms with van der Waals surface area (Å²) in [5.74, 6) is -6.34. The van der Waals surface area contributed by atoms with Crippen molar-refractivity contribution in [3.8, 4) is 0 Å². The molecule has 12 heterocycles. The first-order valence-corrected chi connectivity index (χ1v) is 46.6. The largest absolute Gasteiger partial charge is 0.474 e. The first-order valence-electron chi connectivity index (χ1n) is 46.6. The number of ether oxygens (including phenoxy) is 4. The summed E-state index contributed by atoms with van der Waals surface area (Å²) in [4.78, 5) is 187. The fourth-order valence-electron chi connectivity index (χ4n) is 15.8. The number of likely N-dealkylation sites (tertiary alicyclic amines) is 3. The van der Waals surface area contributed by atoms with Crippen LogP contribution in [-0.2, 0) is 102 Å². The molecule has 4 saturated heterocycles. The van der Waals surface area contributed by atoms with Crippen LogP contribution in [0.4, 0.5) is 22.7 Å². The summed E-state index contributed by atoms with van der Waals surface area (Å²) >= 11 is 0. The summed E-state index contributed by atoms with van der Waals surface area (Å²) < 4.78 is 21.2. The fraction of sp³-hybridized carbons (Fsp3) is 0.500. The van der Waals surface area contributed by atoms with Crippen LogP contribution in [-0.4, -0.2) is 179 Å². The quantitative estimate of drug-likeness (QED) is 0.0297. The average Bonchev–Trinajstić information content (AvgIpc) is 0.808. The Morgan fingerprint density at radius 3 is 0.781 bits per heavy atom. The molecule has 33 nitrogen and oxygen atoms in total. The summed E-state index contributed by atoms with van der Waals surface area (Å²) in [5, 5.41) is 22.3. The van der Waals surface area contributed by atoms with Crippen LogP contribution in [0.3, 0.4) is 0 Å². The fourth-order valence-corrected chi connectivity index (χ4v) is 15.8. The molecule has 7 amide bonds. The number of carbonyl (C=O) groups is 12. The van der Waals surface area contributed by atoms with E-state index in [4.69, 9.17) is 24.1 Å². The van der Waals surface area contributed by atoms with Gasteiger partial charge >= 0.3 is 71.2 Å². The number of aliphatic carboxylic acids is 1. The Morgan fingerprint density at radius 2 is 0.569 bits per heavy atom. The third kappa shape index (κ3) is 35.8. The topological polar surface area (TPSA) is 435 Å². The lowest BCUT2D eigenvalue weighted by Gasteiger charge is -2.38. The summed E-state index contributed by atoms with van der Waals surface area (Å²) in [5.41, 5.74) is 12.2. The minimum atomic E-state index is -1.58. The van der Waals surface area contributed by atoms with E-state index in [1.54, 1.807) is 106 Å². The molecule has 4 aliphatic heterocycles. The molecule has 12 rings (SSSR count). The zero-order chi connectivity index (χ0) is 101. The van der Waals surface area contributed by atoms with Crippen molar-refractivity contribution in [3.05, 3.63) is 212 Å². The van der Waals surface area contributed by atoms with Crippen LogP contribution in [0.5, 0.6) is 0 Å². The van der Waals surface area contributed by atoms with Crippen molar-refractivity contribution in [2.45, 2.75) is 290 Å². The highest BCUT2D eigenvalue weighted by Crippen LogP contribution is 2.38. The minimum Gasteiger partial charge on any atom is -0.474 e.